The lowest BCUT2D eigenvalue weighted by atomic mass is 9.71. The van der Waals surface area contributed by atoms with Crippen molar-refractivity contribution in [1.82, 2.24) is 0 Å². The van der Waals surface area contributed by atoms with E-state index in [1.54, 1.807) is 0 Å². The van der Waals surface area contributed by atoms with Crippen LogP contribution in [0.2, 0.25) is 0 Å². The predicted octanol–water partition coefficient (Wildman–Crippen LogP) is 1.70. The van der Waals surface area contributed by atoms with Gasteiger partial charge in [0.1, 0.15) is 0 Å². The monoisotopic (exact) mass is 213 g/mol. The van der Waals surface area contributed by atoms with Crippen LogP contribution in [0.1, 0.15) is 39.0 Å². The second-order valence-electron chi connectivity index (χ2n) is 4.83. The number of hydrogen-bond donors (Lipinski definition) is 1. The quantitative estimate of drug-likeness (QED) is 0.773. The first-order valence-corrected chi connectivity index (χ1v) is 6.26. The Balaban J connectivity index is 2.01. The lowest BCUT2D eigenvalue weighted by Gasteiger charge is -2.46. The van der Waals surface area contributed by atoms with Gasteiger partial charge in [0.2, 0.25) is 0 Å². The van der Waals surface area contributed by atoms with Crippen LogP contribution in [-0.4, -0.2) is 31.5 Å². The van der Waals surface area contributed by atoms with Gasteiger partial charge in [0.05, 0.1) is 5.60 Å². The van der Waals surface area contributed by atoms with E-state index < -0.39 is 0 Å². The fourth-order valence-electron chi connectivity index (χ4n) is 2.81. The third kappa shape index (κ3) is 2.19. The topological polar surface area (TPSA) is 44.5 Å². The van der Waals surface area contributed by atoms with Crippen molar-refractivity contribution in [3.05, 3.63) is 0 Å². The van der Waals surface area contributed by atoms with Crippen LogP contribution in [0, 0.1) is 5.92 Å². The maximum absolute atomic E-state index is 6.39. The van der Waals surface area contributed by atoms with Crippen molar-refractivity contribution in [2.75, 3.05) is 19.8 Å². The van der Waals surface area contributed by atoms with E-state index in [0.717, 1.165) is 32.7 Å². The minimum Gasteiger partial charge on any atom is -0.381 e. The first kappa shape index (κ1) is 11.4. The van der Waals surface area contributed by atoms with Crippen LogP contribution in [0.3, 0.4) is 0 Å². The molecule has 0 aromatic carbocycles. The normalized spacial score (nSPS) is 28.4. The molecule has 2 rings (SSSR count). The molecule has 3 heteroatoms. The van der Waals surface area contributed by atoms with Gasteiger partial charge in [0.25, 0.3) is 0 Å². The molecule has 0 bridgehead atoms. The molecule has 3 nitrogen and oxygen atoms in total. The number of ether oxygens (including phenoxy) is 2. The van der Waals surface area contributed by atoms with Gasteiger partial charge < -0.3 is 15.2 Å². The van der Waals surface area contributed by atoms with Crippen LogP contribution in [0.4, 0.5) is 0 Å². The molecule has 1 aliphatic heterocycles. The SMILES string of the molecule is CCOC1(C(N)C2CCC2)CCOCC1. The Morgan fingerprint density at radius 2 is 2.07 bits per heavy atom. The Morgan fingerprint density at radius 1 is 1.40 bits per heavy atom. The molecule has 2 fully saturated rings. The second-order valence-corrected chi connectivity index (χ2v) is 4.83. The highest BCUT2D eigenvalue weighted by molar-refractivity contribution is 4.98. The Morgan fingerprint density at radius 3 is 2.53 bits per heavy atom. The molecule has 0 aromatic heterocycles. The average Bonchev–Trinajstić information content (AvgIpc) is 2.17. The average molecular weight is 213 g/mol. The van der Waals surface area contributed by atoms with Gasteiger partial charge in [0.15, 0.2) is 0 Å². The molecule has 0 aromatic rings. The summed E-state index contributed by atoms with van der Waals surface area (Å²) < 4.78 is 11.4. The highest BCUT2D eigenvalue weighted by Gasteiger charge is 2.44. The van der Waals surface area contributed by atoms with Crippen LogP contribution in [0.5, 0.6) is 0 Å². The molecule has 0 radical (unpaired) electrons. The largest absolute Gasteiger partial charge is 0.381 e. The Labute approximate surface area is 92.3 Å². The minimum atomic E-state index is -0.0852. The summed E-state index contributed by atoms with van der Waals surface area (Å²) in [6, 6.07) is 0.218. The molecular formula is C12H23NO2. The summed E-state index contributed by atoms with van der Waals surface area (Å²) in [4.78, 5) is 0. The number of nitrogens with two attached hydrogens (primary N) is 1. The van der Waals surface area contributed by atoms with E-state index in [1.807, 2.05) is 0 Å². The Kier molecular flexibility index (Phi) is 3.65. The zero-order valence-electron chi connectivity index (χ0n) is 9.71. The zero-order chi connectivity index (χ0) is 10.7. The van der Waals surface area contributed by atoms with Crippen LogP contribution in [0.25, 0.3) is 0 Å². The van der Waals surface area contributed by atoms with E-state index in [2.05, 4.69) is 6.92 Å². The van der Waals surface area contributed by atoms with E-state index >= 15 is 0 Å². The van der Waals surface area contributed by atoms with E-state index in [9.17, 15) is 0 Å². The second kappa shape index (κ2) is 4.81. The van der Waals surface area contributed by atoms with Gasteiger partial charge in [0, 0.05) is 38.7 Å². The van der Waals surface area contributed by atoms with E-state index in [1.165, 1.54) is 19.3 Å². The Bertz CT molecular complexity index is 192. The number of rotatable bonds is 4. The van der Waals surface area contributed by atoms with Crippen molar-refractivity contribution in [1.29, 1.82) is 0 Å². The number of hydrogen-bond acceptors (Lipinski definition) is 3. The molecule has 1 saturated carbocycles. The van der Waals surface area contributed by atoms with Crippen molar-refractivity contribution in [3.8, 4) is 0 Å². The molecular weight excluding hydrogens is 190 g/mol. The van der Waals surface area contributed by atoms with Crippen LogP contribution in [0.15, 0.2) is 0 Å². The van der Waals surface area contributed by atoms with Crippen molar-refractivity contribution < 1.29 is 9.47 Å². The molecule has 0 spiro atoms. The van der Waals surface area contributed by atoms with Gasteiger partial charge in [-0.3, -0.25) is 0 Å². The summed E-state index contributed by atoms with van der Waals surface area (Å²) in [6.45, 7) is 4.44. The van der Waals surface area contributed by atoms with Crippen molar-refractivity contribution >= 4 is 0 Å². The minimum absolute atomic E-state index is 0.0852. The molecule has 88 valence electrons. The molecule has 15 heavy (non-hydrogen) atoms. The van der Waals surface area contributed by atoms with E-state index in [4.69, 9.17) is 15.2 Å². The Hall–Kier alpha value is -0.120. The third-order valence-electron chi connectivity index (χ3n) is 4.04. The zero-order valence-corrected chi connectivity index (χ0v) is 9.71. The van der Waals surface area contributed by atoms with Gasteiger partial charge in [-0.05, 0) is 25.7 Å². The summed E-state index contributed by atoms with van der Waals surface area (Å²) >= 11 is 0. The highest BCUT2D eigenvalue weighted by atomic mass is 16.5. The van der Waals surface area contributed by atoms with Crippen LogP contribution >= 0.6 is 0 Å². The molecule has 1 saturated heterocycles. The molecule has 2 aliphatic rings. The first-order chi connectivity index (χ1) is 7.28. The standard InChI is InChI=1S/C12H23NO2/c1-2-15-12(6-8-14-9-7-12)11(13)10-4-3-5-10/h10-11H,2-9,13H2,1H3. The predicted molar refractivity (Wildman–Crippen MR) is 59.7 cm³/mol. The van der Waals surface area contributed by atoms with E-state index in [0.29, 0.717) is 5.92 Å². The molecule has 1 unspecified atom stereocenters. The highest BCUT2D eigenvalue weighted by Crippen LogP contribution is 2.38. The molecule has 0 amide bonds. The lowest BCUT2D eigenvalue weighted by molar-refractivity contribution is -0.134. The van der Waals surface area contributed by atoms with Crippen LogP contribution < -0.4 is 5.73 Å². The summed E-state index contributed by atoms with van der Waals surface area (Å²) in [5, 5.41) is 0. The van der Waals surface area contributed by atoms with Gasteiger partial charge in [-0.2, -0.15) is 0 Å². The maximum Gasteiger partial charge on any atom is 0.0878 e. The van der Waals surface area contributed by atoms with Crippen molar-refractivity contribution in [3.63, 3.8) is 0 Å². The summed E-state index contributed by atoms with van der Waals surface area (Å²) in [5.41, 5.74) is 6.31. The van der Waals surface area contributed by atoms with Gasteiger partial charge in [-0.15, -0.1) is 0 Å². The fourth-order valence-corrected chi connectivity index (χ4v) is 2.81. The first-order valence-electron chi connectivity index (χ1n) is 6.26. The molecule has 1 heterocycles. The van der Waals surface area contributed by atoms with Gasteiger partial charge in [-0.1, -0.05) is 6.42 Å². The fraction of sp³-hybridized carbons (Fsp3) is 1.00. The summed E-state index contributed by atoms with van der Waals surface area (Å²) in [5.74, 6) is 0.689. The van der Waals surface area contributed by atoms with Gasteiger partial charge in [-0.25, -0.2) is 0 Å². The van der Waals surface area contributed by atoms with Crippen molar-refractivity contribution in [2.45, 2.75) is 50.7 Å². The lowest BCUT2D eigenvalue weighted by Crippen LogP contribution is -2.58. The van der Waals surface area contributed by atoms with E-state index in [-0.39, 0.29) is 11.6 Å². The molecule has 1 atom stereocenters. The molecule has 2 N–H and O–H groups in total. The maximum atomic E-state index is 6.39. The smallest absolute Gasteiger partial charge is 0.0878 e. The molecule has 1 aliphatic carbocycles. The van der Waals surface area contributed by atoms with Gasteiger partial charge >= 0.3 is 0 Å². The third-order valence-corrected chi connectivity index (χ3v) is 4.04. The van der Waals surface area contributed by atoms with Crippen LogP contribution in [-0.2, 0) is 9.47 Å². The summed E-state index contributed by atoms with van der Waals surface area (Å²) in [7, 11) is 0. The van der Waals surface area contributed by atoms with Crippen molar-refractivity contribution in [2.24, 2.45) is 11.7 Å². The summed E-state index contributed by atoms with van der Waals surface area (Å²) in [6.07, 6.45) is 5.86.